The molecule has 0 aliphatic heterocycles. The second-order valence-electron chi connectivity index (χ2n) is 3.93. The fraction of sp³-hybridized carbons (Fsp3) is 0. The first kappa shape index (κ1) is 11.9. The van der Waals surface area contributed by atoms with Crippen molar-refractivity contribution in [2.45, 2.75) is 4.90 Å². The second kappa shape index (κ2) is 4.85. The van der Waals surface area contributed by atoms with E-state index in [9.17, 15) is 4.39 Å². The van der Waals surface area contributed by atoms with Crippen LogP contribution in [0.1, 0.15) is 5.82 Å². The number of aromatic amines is 1. The first-order valence-electron chi connectivity index (χ1n) is 5.65. The monoisotopic (exact) mass is 271 g/mol. The third-order valence-electron chi connectivity index (χ3n) is 2.66. The van der Waals surface area contributed by atoms with Crippen LogP contribution in [0.4, 0.5) is 4.39 Å². The van der Waals surface area contributed by atoms with E-state index in [4.69, 9.17) is 0 Å². The maximum atomic E-state index is 13.3. The lowest BCUT2D eigenvalue weighted by Gasteiger charge is -2.06. The molecule has 1 aromatic carbocycles. The minimum atomic E-state index is -0.272. The summed E-state index contributed by atoms with van der Waals surface area (Å²) in [5, 5.41) is 0.778. The zero-order valence-electron chi connectivity index (χ0n) is 9.93. The van der Waals surface area contributed by atoms with E-state index in [-0.39, 0.29) is 5.82 Å². The van der Waals surface area contributed by atoms with Gasteiger partial charge in [0.2, 0.25) is 0 Å². The summed E-state index contributed by atoms with van der Waals surface area (Å²) in [4.78, 5) is 13.0. The lowest BCUT2D eigenvalue weighted by atomic mass is 10.2. The SMILES string of the molecule is C=C(Sc1ccnc2ccc(F)cc12)c1ncc[nH]1. The Labute approximate surface area is 113 Å². The fourth-order valence-corrected chi connectivity index (χ4v) is 2.66. The fourth-order valence-electron chi connectivity index (χ4n) is 1.78. The van der Waals surface area contributed by atoms with Crippen LogP contribution in [0.15, 0.2) is 54.3 Å². The number of hydrogen-bond donors (Lipinski definition) is 1. The van der Waals surface area contributed by atoms with Gasteiger partial charge in [-0.1, -0.05) is 18.3 Å². The molecule has 2 aromatic heterocycles. The molecule has 3 rings (SSSR count). The number of hydrogen-bond acceptors (Lipinski definition) is 3. The number of halogens is 1. The number of benzene rings is 1. The van der Waals surface area contributed by atoms with Gasteiger partial charge in [-0.25, -0.2) is 9.37 Å². The summed E-state index contributed by atoms with van der Waals surface area (Å²) in [5.41, 5.74) is 0.763. The van der Waals surface area contributed by atoms with Crippen molar-refractivity contribution in [3.63, 3.8) is 0 Å². The van der Waals surface area contributed by atoms with Crippen molar-refractivity contribution in [2.24, 2.45) is 0 Å². The van der Waals surface area contributed by atoms with E-state index < -0.39 is 0 Å². The standard InChI is InChI=1S/C14H10FN3S/c1-9(14-17-6-7-18-14)19-13-4-5-16-12-3-2-10(15)8-11(12)13/h2-8H,1H2,(H,17,18). The minimum Gasteiger partial charge on any atom is -0.344 e. The number of H-pyrrole nitrogens is 1. The predicted octanol–water partition coefficient (Wildman–Crippen LogP) is 3.86. The first-order valence-corrected chi connectivity index (χ1v) is 6.46. The summed E-state index contributed by atoms with van der Waals surface area (Å²) in [6.45, 7) is 3.98. The van der Waals surface area contributed by atoms with Crippen LogP contribution in [0, 0.1) is 5.82 Å². The lowest BCUT2D eigenvalue weighted by molar-refractivity contribution is 0.629. The Morgan fingerprint density at radius 2 is 2.11 bits per heavy atom. The summed E-state index contributed by atoms with van der Waals surface area (Å²) in [7, 11) is 0. The van der Waals surface area contributed by atoms with Crippen molar-refractivity contribution < 1.29 is 4.39 Å². The minimum absolute atomic E-state index is 0.272. The third-order valence-corrected chi connectivity index (χ3v) is 3.67. The Bertz CT molecular complexity index is 738. The number of imidazole rings is 1. The van der Waals surface area contributed by atoms with E-state index in [1.54, 1.807) is 24.7 Å². The molecule has 0 unspecified atom stereocenters. The summed E-state index contributed by atoms with van der Waals surface area (Å²) in [6.07, 6.45) is 5.12. The average Bonchev–Trinajstić information content (AvgIpc) is 2.93. The Morgan fingerprint density at radius 3 is 2.89 bits per heavy atom. The summed E-state index contributed by atoms with van der Waals surface area (Å²) in [5.74, 6) is 0.442. The molecular weight excluding hydrogens is 261 g/mol. The number of thioether (sulfide) groups is 1. The van der Waals surface area contributed by atoms with Crippen molar-refractivity contribution in [3.8, 4) is 0 Å². The van der Waals surface area contributed by atoms with Crippen molar-refractivity contribution in [1.29, 1.82) is 0 Å². The molecule has 0 saturated heterocycles. The van der Waals surface area contributed by atoms with E-state index in [0.29, 0.717) is 5.82 Å². The molecule has 0 saturated carbocycles. The molecule has 1 N–H and O–H groups in total. The van der Waals surface area contributed by atoms with Gasteiger partial charge >= 0.3 is 0 Å². The Kier molecular flexibility index (Phi) is 3.05. The average molecular weight is 271 g/mol. The van der Waals surface area contributed by atoms with Gasteiger partial charge in [-0.15, -0.1) is 0 Å². The maximum Gasteiger partial charge on any atom is 0.143 e. The van der Waals surface area contributed by atoms with Crippen LogP contribution in [0.5, 0.6) is 0 Å². The number of rotatable bonds is 3. The molecule has 5 heteroatoms. The molecule has 0 atom stereocenters. The zero-order chi connectivity index (χ0) is 13.2. The Balaban J connectivity index is 2.01. The Morgan fingerprint density at radius 1 is 1.21 bits per heavy atom. The van der Waals surface area contributed by atoms with Gasteiger partial charge in [0.15, 0.2) is 0 Å². The molecule has 0 aliphatic rings. The highest BCUT2D eigenvalue weighted by Gasteiger charge is 2.08. The number of nitrogens with zero attached hydrogens (tertiary/aromatic N) is 2. The van der Waals surface area contributed by atoms with Crippen molar-refractivity contribution in [3.05, 3.63) is 61.1 Å². The van der Waals surface area contributed by atoms with E-state index in [1.807, 2.05) is 6.07 Å². The van der Waals surface area contributed by atoms with Gasteiger partial charge in [0.1, 0.15) is 11.6 Å². The molecule has 0 bridgehead atoms. The molecule has 3 nitrogen and oxygen atoms in total. The smallest absolute Gasteiger partial charge is 0.143 e. The van der Waals surface area contributed by atoms with Gasteiger partial charge in [0.25, 0.3) is 0 Å². The molecule has 0 fully saturated rings. The van der Waals surface area contributed by atoms with Gasteiger partial charge in [-0.2, -0.15) is 0 Å². The van der Waals surface area contributed by atoms with Crippen molar-refractivity contribution in [1.82, 2.24) is 15.0 Å². The normalized spacial score (nSPS) is 10.8. The molecule has 0 spiro atoms. The predicted molar refractivity (Wildman–Crippen MR) is 75.2 cm³/mol. The van der Waals surface area contributed by atoms with Gasteiger partial charge in [-0.3, -0.25) is 4.98 Å². The summed E-state index contributed by atoms with van der Waals surface area (Å²) < 4.78 is 13.3. The molecule has 0 amide bonds. The highest BCUT2D eigenvalue weighted by atomic mass is 32.2. The summed E-state index contributed by atoms with van der Waals surface area (Å²) in [6, 6.07) is 6.41. The third kappa shape index (κ3) is 2.37. The quantitative estimate of drug-likeness (QED) is 0.735. The number of fused-ring (bicyclic) bond motifs is 1. The molecule has 3 aromatic rings. The van der Waals surface area contributed by atoms with Crippen LogP contribution in [0.2, 0.25) is 0 Å². The highest BCUT2D eigenvalue weighted by molar-refractivity contribution is 8.08. The van der Waals surface area contributed by atoms with E-state index in [2.05, 4.69) is 21.5 Å². The Hall–Kier alpha value is -2.14. The second-order valence-corrected chi connectivity index (χ2v) is 5.07. The lowest BCUT2D eigenvalue weighted by Crippen LogP contribution is -1.86. The molecule has 2 heterocycles. The maximum absolute atomic E-state index is 13.3. The number of nitrogens with one attached hydrogen (secondary N) is 1. The van der Waals surface area contributed by atoms with E-state index in [1.165, 1.54) is 23.9 Å². The van der Waals surface area contributed by atoms with Crippen LogP contribution < -0.4 is 0 Å². The number of pyridine rings is 1. The highest BCUT2D eigenvalue weighted by Crippen LogP contribution is 2.35. The van der Waals surface area contributed by atoms with Gasteiger partial charge in [0, 0.05) is 33.8 Å². The van der Waals surface area contributed by atoms with Crippen molar-refractivity contribution in [2.75, 3.05) is 0 Å². The van der Waals surface area contributed by atoms with Crippen LogP contribution in [-0.2, 0) is 0 Å². The van der Waals surface area contributed by atoms with Crippen LogP contribution in [-0.4, -0.2) is 15.0 Å². The van der Waals surface area contributed by atoms with E-state index in [0.717, 1.165) is 20.7 Å². The van der Waals surface area contributed by atoms with Gasteiger partial charge < -0.3 is 4.98 Å². The first-order chi connectivity index (χ1) is 9.24. The zero-order valence-corrected chi connectivity index (χ0v) is 10.7. The molecule has 0 radical (unpaired) electrons. The van der Waals surface area contributed by atoms with Crippen LogP contribution >= 0.6 is 11.8 Å². The van der Waals surface area contributed by atoms with E-state index >= 15 is 0 Å². The summed E-state index contributed by atoms with van der Waals surface area (Å²) >= 11 is 1.44. The molecule has 0 aliphatic carbocycles. The van der Waals surface area contributed by atoms with Gasteiger partial charge in [-0.05, 0) is 24.3 Å². The topological polar surface area (TPSA) is 41.6 Å². The van der Waals surface area contributed by atoms with Crippen molar-refractivity contribution >= 4 is 27.6 Å². The largest absolute Gasteiger partial charge is 0.344 e. The molecule has 19 heavy (non-hydrogen) atoms. The number of aromatic nitrogens is 3. The molecular formula is C14H10FN3S. The molecule has 94 valence electrons. The van der Waals surface area contributed by atoms with Gasteiger partial charge in [0.05, 0.1) is 5.52 Å². The van der Waals surface area contributed by atoms with Crippen LogP contribution in [0.3, 0.4) is 0 Å². The van der Waals surface area contributed by atoms with Crippen LogP contribution in [0.25, 0.3) is 15.8 Å².